The minimum absolute atomic E-state index is 0.110. The number of anilines is 1. The summed E-state index contributed by atoms with van der Waals surface area (Å²) in [6.07, 6.45) is 1.45. The molecule has 0 heterocycles. The van der Waals surface area contributed by atoms with Crippen molar-refractivity contribution in [3.8, 4) is 11.5 Å². The van der Waals surface area contributed by atoms with Crippen molar-refractivity contribution in [3.63, 3.8) is 0 Å². The molecule has 0 aliphatic carbocycles. The highest BCUT2D eigenvalue weighted by Gasteiger charge is 2.21. The molecule has 0 unspecified atom stereocenters. The van der Waals surface area contributed by atoms with Crippen molar-refractivity contribution >= 4 is 23.3 Å². The van der Waals surface area contributed by atoms with E-state index < -0.39 is 15.5 Å². The van der Waals surface area contributed by atoms with E-state index in [1.54, 1.807) is 18.2 Å². The van der Waals surface area contributed by atoms with E-state index in [0.29, 0.717) is 17.1 Å². The lowest BCUT2D eigenvalue weighted by Gasteiger charge is -2.13. The van der Waals surface area contributed by atoms with Crippen molar-refractivity contribution in [2.24, 2.45) is 5.10 Å². The lowest BCUT2D eigenvalue weighted by atomic mass is 10.2. The molecule has 0 fully saturated rings. The van der Waals surface area contributed by atoms with Crippen molar-refractivity contribution in [1.29, 1.82) is 0 Å². The topological polar surface area (TPSA) is 120 Å². The normalized spacial score (nSPS) is 10.6. The van der Waals surface area contributed by atoms with Crippen molar-refractivity contribution in [2.75, 3.05) is 26.3 Å². The number of hydrogen-bond acceptors (Lipinski definition) is 8. The Labute approximate surface area is 148 Å². The Kier molecular flexibility index (Phi) is 5.68. The maximum atomic E-state index is 11.2. The number of benzene rings is 2. The van der Waals surface area contributed by atoms with E-state index in [4.69, 9.17) is 9.47 Å². The van der Waals surface area contributed by atoms with Gasteiger partial charge in [-0.3, -0.25) is 25.2 Å². The molecule has 0 bridgehead atoms. The SMILES string of the molecule is COc1ccc(OC)c(C=NN(C)c2ccc([N+](=O)[O-])cc2[N+](=O)[O-])c1. The molecule has 0 N–H and O–H groups in total. The van der Waals surface area contributed by atoms with E-state index >= 15 is 0 Å². The molecule has 0 radical (unpaired) electrons. The van der Waals surface area contributed by atoms with Gasteiger partial charge in [0.25, 0.3) is 5.69 Å². The number of nitrogens with zero attached hydrogens (tertiary/aromatic N) is 4. The van der Waals surface area contributed by atoms with Gasteiger partial charge in [0.05, 0.1) is 36.3 Å². The van der Waals surface area contributed by atoms with Gasteiger partial charge >= 0.3 is 5.69 Å². The minimum Gasteiger partial charge on any atom is -0.497 e. The summed E-state index contributed by atoms with van der Waals surface area (Å²) in [6.45, 7) is 0. The Balaban J connectivity index is 2.38. The molecule has 0 amide bonds. The number of nitro benzene ring substituents is 2. The number of rotatable bonds is 7. The Morgan fingerprint density at radius 3 is 2.35 bits per heavy atom. The number of hydrogen-bond donors (Lipinski definition) is 0. The summed E-state index contributed by atoms with van der Waals surface area (Å²) in [7, 11) is 4.52. The van der Waals surface area contributed by atoms with Crippen LogP contribution in [0, 0.1) is 20.2 Å². The Hall–Kier alpha value is -3.69. The third-order valence-electron chi connectivity index (χ3n) is 3.52. The average molecular weight is 360 g/mol. The molecule has 0 saturated carbocycles. The molecule has 2 aromatic carbocycles. The highest BCUT2D eigenvalue weighted by Crippen LogP contribution is 2.31. The minimum atomic E-state index is -0.694. The lowest BCUT2D eigenvalue weighted by molar-refractivity contribution is -0.393. The van der Waals surface area contributed by atoms with Crippen LogP contribution in [0.15, 0.2) is 41.5 Å². The molecular formula is C16H16N4O6. The molecule has 10 heteroatoms. The smallest absolute Gasteiger partial charge is 0.301 e. The van der Waals surface area contributed by atoms with Gasteiger partial charge in [-0.2, -0.15) is 5.10 Å². The predicted molar refractivity (Wildman–Crippen MR) is 95.3 cm³/mol. The second kappa shape index (κ2) is 7.92. The first-order valence-electron chi connectivity index (χ1n) is 7.30. The summed E-state index contributed by atoms with van der Waals surface area (Å²) in [5.41, 5.74) is -0.0780. The quantitative estimate of drug-likeness (QED) is 0.423. The molecular weight excluding hydrogens is 344 g/mol. The van der Waals surface area contributed by atoms with Gasteiger partial charge in [0, 0.05) is 18.7 Å². The summed E-state index contributed by atoms with van der Waals surface area (Å²) in [4.78, 5) is 20.7. The fraction of sp³-hybridized carbons (Fsp3) is 0.188. The number of hydrazone groups is 1. The van der Waals surface area contributed by atoms with Crippen LogP contribution in [-0.4, -0.2) is 37.3 Å². The molecule has 0 aliphatic heterocycles. The van der Waals surface area contributed by atoms with Gasteiger partial charge in [-0.05, 0) is 24.3 Å². The van der Waals surface area contributed by atoms with Gasteiger partial charge in [0.15, 0.2) is 0 Å². The van der Waals surface area contributed by atoms with E-state index in [0.717, 1.165) is 6.07 Å². The maximum absolute atomic E-state index is 11.2. The molecule has 10 nitrogen and oxygen atoms in total. The summed E-state index contributed by atoms with van der Waals surface area (Å²) in [5, 5.41) is 27.5. The van der Waals surface area contributed by atoms with Gasteiger partial charge in [-0.1, -0.05) is 0 Å². The molecule has 2 rings (SSSR count). The summed E-state index contributed by atoms with van der Waals surface area (Å²) in [6, 6.07) is 8.47. The van der Waals surface area contributed by atoms with Crippen LogP contribution in [0.4, 0.5) is 17.1 Å². The van der Waals surface area contributed by atoms with Gasteiger partial charge in [0.1, 0.15) is 17.2 Å². The van der Waals surface area contributed by atoms with E-state index in [1.807, 2.05) is 0 Å². The van der Waals surface area contributed by atoms with Gasteiger partial charge in [0.2, 0.25) is 0 Å². The molecule has 0 spiro atoms. The third kappa shape index (κ3) is 4.04. The largest absolute Gasteiger partial charge is 0.497 e. The molecule has 0 aromatic heterocycles. The Morgan fingerprint density at radius 1 is 1.04 bits per heavy atom. The monoisotopic (exact) mass is 360 g/mol. The molecule has 0 saturated heterocycles. The molecule has 0 aliphatic rings. The summed E-state index contributed by atoms with van der Waals surface area (Å²) in [5.74, 6) is 1.14. The van der Waals surface area contributed by atoms with E-state index in [9.17, 15) is 20.2 Å². The van der Waals surface area contributed by atoms with Crippen molar-refractivity contribution in [2.45, 2.75) is 0 Å². The van der Waals surface area contributed by atoms with Gasteiger partial charge in [-0.25, -0.2) is 0 Å². The van der Waals surface area contributed by atoms with Gasteiger partial charge in [-0.15, -0.1) is 0 Å². The van der Waals surface area contributed by atoms with Crippen molar-refractivity contribution < 1.29 is 19.3 Å². The second-order valence-corrected chi connectivity index (χ2v) is 5.06. The maximum Gasteiger partial charge on any atom is 0.301 e. The first-order chi connectivity index (χ1) is 12.4. The molecule has 2 aromatic rings. The zero-order chi connectivity index (χ0) is 19.3. The van der Waals surface area contributed by atoms with Crippen molar-refractivity contribution in [3.05, 3.63) is 62.2 Å². The summed E-state index contributed by atoms with van der Waals surface area (Å²) < 4.78 is 10.4. The van der Waals surface area contributed by atoms with Crippen LogP contribution in [0.3, 0.4) is 0 Å². The standard InChI is InChI=1S/C16H16N4O6/c1-18(14-6-4-12(19(21)22)9-15(14)20(23)24)17-10-11-8-13(25-2)5-7-16(11)26-3/h4-10H,1-3H3. The highest BCUT2D eigenvalue weighted by molar-refractivity contribution is 5.85. The number of ether oxygens (including phenoxy) is 2. The van der Waals surface area contributed by atoms with Crippen LogP contribution in [0.1, 0.15) is 5.56 Å². The first-order valence-corrected chi connectivity index (χ1v) is 7.30. The third-order valence-corrected chi connectivity index (χ3v) is 3.52. The van der Waals surface area contributed by atoms with Gasteiger partial charge < -0.3 is 9.47 Å². The highest BCUT2D eigenvalue weighted by atomic mass is 16.6. The zero-order valence-electron chi connectivity index (χ0n) is 14.3. The predicted octanol–water partition coefficient (Wildman–Crippen LogP) is 2.99. The fourth-order valence-corrected chi connectivity index (χ4v) is 2.20. The Bertz CT molecular complexity index is 868. The van der Waals surface area contributed by atoms with Crippen LogP contribution in [0.5, 0.6) is 11.5 Å². The Morgan fingerprint density at radius 2 is 1.77 bits per heavy atom. The lowest BCUT2D eigenvalue weighted by Crippen LogP contribution is -2.11. The van der Waals surface area contributed by atoms with Crippen LogP contribution in [-0.2, 0) is 0 Å². The van der Waals surface area contributed by atoms with Crippen molar-refractivity contribution in [1.82, 2.24) is 0 Å². The zero-order valence-corrected chi connectivity index (χ0v) is 14.3. The molecule has 136 valence electrons. The van der Waals surface area contributed by atoms with Crippen LogP contribution < -0.4 is 14.5 Å². The van der Waals surface area contributed by atoms with Crippen LogP contribution in [0.25, 0.3) is 0 Å². The summed E-state index contributed by atoms with van der Waals surface area (Å²) >= 11 is 0. The second-order valence-electron chi connectivity index (χ2n) is 5.06. The number of non-ortho nitro benzene ring substituents is 1. The average Bonchev–Trinajstić information content (AvgIpc) is 2.65. The van der Waals surface area contributed by atoms with E-state index in [2.05, 4.69) is 5.10 Å². The molecule has 0 atom stereocenters. The van der Waals surface area contributed by atoms with E-state index in [-0.39, 0.29) is 11.4 Å². The van der Waals surface area contributed by atoms with Crippen LogP contribution >= 0.6 is 0 Å². The van der Waals surface area contributed by atoms with E-state index in [1.165, 1.54) is 44.6 Å². The number of nitro groups is 2. The molecule has 26 heavy (non-hydrogen) atoms. The fourth-order valence-electron chi connectivity index (χ4n) is 2.20. The first kappa shape index (κ1) is 18.6. The van der Waals surface area contributed by atoms with Crippen LogP contribution in [0.2, 0.25) is 0 Å². The number of methoxy groups -OCH3 is 2.